The summed E-state index contributed by atoms with van der Waals surface area (Å²) in [7, 11) is 1.76. The maximum Gasteiger partial charge on any atom is 0.407 e. The van der Waals surface area contributed by atoms with Gasteiger partial charge in [-0.25, -0.2) is 19.7 Å². The molecule has 0 spiro atoms. The number of nitrogens with zero attached hydrogens (tertiary/aromatic N) is 7. The summed E-state index contributed by atoms with van der Waals surface area (Å²) in [5, 5.41) is 19.2. The maximum atomic E-state index is 13.6. The van der Waals surface area contributed by atoms with Gasteiger partial charge in [0.05, 0.1) is 43.1 Å². The fourth-order valence-electron chi connectivity index (χ4n) is 6.01. The van der Waals surface area contributed by atoms with Crippen molar-refractivity contribution >= 4 is 28.7 Å². The second kappa shape index (κ2) is 13.7. The minimum atomic E-state index is -1.07. The second-order valence-electron chi connectivity index (χ2n) is 12.1. The number of alkyl carbamates (subject to hydrolysis) is 1. The SMILES string of the molecule is Cn1nc2c(=O)n(CC3(O)CCN(Cc4ccc(-c5cnco5)cc4Cl)CC3)cnc2c1-c1ccc(COC(=O)NCc2ncco2)cc1. The lowest BCUT2D eigenvalue weighted by atomic mass is 9.91. The van der Waals surface area contributed by atoms with E-state index in [-0.39, 0.29) is 30.8 Å². The highest BCUT2D eigenvalue weighted by atomic mass is 35.5. The minimum Gasteiger partial charge on any atom is -0.447 e. The van der Waals surface area contributed by atoms with Crippen molar-refractivity contribution in [2.24, 2.45) is 7.05 Å². The van der Waals surface area contributed by atoms with Crippen LogP contribution in [0.15, 0.2) is 87.5 Å². The molecule has 0 aliphatic carbocycles. The number of halogens is 1. The third kappa shape index (κ3) is 7.11. The second-order valence-corrected chi connectivity index (χ2v) is 12.5. The van der Waals surface area contributed by atoms with E-state index in [1.54, 1.807) is 17.9 Å². The van der Waals surface area contributed by atoms with E-state index in [0.29, 0.717) is 60.4 Å². The first kappa shape index (κ1) is 32.2. The van der Waals surface area contributed by atoms with E-state index in [4.69, 9.17) is 25.2 Å². The first-order valence-electron chi connectivity index (χ1n) is 15.7. The first-order chi connectivity index (χ1) is 23.7. The van der Waals surface area contributed by atoms with Crippen LogP contribution >= 0.6 is 11.6 Å². The van der Waals surface area contributed by atoms with Gasteiger partial charge in [-0.1, -0.05) is 48.0 Å². The Morgan fingerprint density at radius 2 is 1.88 bits per heavy atom. The van der Waals surface area contributed by atoms with Gasteiger partial charge in [-0.3, -0.25) is 18.9 Å². The number of amides is 1. The average Bonchev–Trinajstić information content (AvgIpc) is 3.89. The zero-order chi connectivity index (χ0) is 34.0. The molecule has 0 bridgehead atoms. The summed E-state index contributed by atoms with van der Waals surface area (Å²) in [5.74, 6) is 1.04. The van der Waals surface area contributed by atoms with Crippen molar-refractivity contribution in [3.8, 4) is 22.6 Å². The van der Waals surface area contributed by atoms with Crippen molar-refractivity contribution in [2.75, 3.05) is 13.1 Å². The summed E-state index contributed by atoms with van der Waals surface area (Å²) in [5.41, 5.74) is 3.39. The fourth-order valence-corrected chi connectivity index (χ4v) is 6.25. The molecule has 7 rings (SSSR count). The largest absolute Gasteiger partial charge is 0.447 e. The van der Waals surface area contributed by atoms with Gasteiger partial charge in [0.15, 0.2) is 17.7 Å². The van der Waals surface area contributed by atoms with Crippen molar-refractivity contribution in [3.05, 3.63) is 106 Å². The van der Waals surface area contributed by atoms with Crippen LogP contribution in [0.2, 0.25) is 5.02 Å². The standard InChI is InChI=1S/C34H33ClN8O6/c1-41-31(23-4-2-22(3-5-23)18-48-33(45)38-16-28-37-10-13-47-28)29-30(40-41)32(44)43(20-39-29)19-34(46)8-11-42(12-9-34)17-25-7-6-24(14-26(25)35)27-15-36-21-49-27/h2-7,10,13-15,20-21,46H,8-9,11-12,16-19H2,1H3,(H,38,45). The van der Waals surface area contributed by atoms with E-state index in [9.17, 15) is 14.7 Å². The number of nitrogens with one attached hydrogen (secondary N) is 1. The molecule has 4 aromatic heterocycles. The van der Waals surface area contributed by atoms with Crippen LogP contribution in [0.3, 0.4) is 0 Å². The fraction of sp³-hybridized carbons (Fsp3) is 0.294. The normalized spacial score (nSPS) is 14.7. The lowest BCUT2D eigenvalue weighted by Gasteiger charge is -2.38. The molecule has 14 nitrogen and oxygen atoms in total. The number of aromatic nitrogens is 6. The quantitative estimate of drug-likeness (QED) is 0.208. The summed E-state index contributed by atoms with van der Waals surface area (Å²) in [6.07, 6.45) is 7.82. The highest BCUT2D eigenvalue weighted by molar-refractivity contribution is 6.31. The number of aliphatic hydroxyl groups is 1. The lowest BCUT2D eigenvalue weighted by molar-refractivity contribution is -0.0364. The summed E-state index contributed by atoms with van der Waals surface area (Å²) >= 11 is 6.59. The lowest BCUT2D eigenvalue weighted by Crippen LogP contribution is -2.47. The summed E-state index contributed by atoms with van der Waals surface area (Å²) in [6.45, 7) is 2.24. The Morgan fingerprint density at radius 3 is 2.59 bits per heavy atom. The molecule has 6 aromatic rings. The van der Waals surface area contributed by atoms with E-state index in [1.807, 2.05) is 42.5 Å². The average molecular weight is 685 g/mol. The van der Waals surface area contributed by atoms with Crippen LogP contribution in [0.1, 0.15) is 29.9 Å². The predicted octanol–water partition coefficient (Wildman–Crippen LogP) is 4.55. The van der Waals surface area contributed by atoms with E-state index >= 15 is 0 Å². The van der Waals surface area contributed by atoms with Gasteiger partial charge in [0, 0.05) is 42.8 Å². The summed E-state index contributed by atoms with van der Waals surface area (Å²) in [6, 6.07) is 13.2. The van der Waals surface area contributed by atoms with E-state index in [0.717, 1.165) is 22.3 Å². The number of fused-ring (bicyclic) bond motifs is 1. The molecule has 252 valence electrons. The zero-order valence-corrected chi connectivity index (χ0v) is 27.3. The number of piperidine rings is 1. The van der Waals surface area contributed by atoms with Gasteiger partial charge in [0.2, 0.25) is 5.89 Å². The Bertz CT molecular complexity index is 2120. The van der Waals surface area contributed by atoms with E-state index in [1.165, 1.54) is 29.7 Å². The number of ether oxygens (including phenoxy) is 1. The highest BCUT2D eigenvalue weighted by Crippen LogP contribution is 2.30. The molecule has 1 amide bonds. The molecular weight excluding hydrogens is 652 g/mol. The van der Waals surface area contributed by atoms with Gasteiger partial charge in [0.1, 0.15) is 18.4 Å². The van der Waals surface area contributed by atoms with Gasteiger partial charge >= 0.3 is 6.09 Å². The number of hydrogen-bond donors (Lipinski definition) is 2. The van der Waals surface area contributed by atoms with Crippen LogP contribution < -0.4 is 10.9 Å². The summed E-state index contributed by atoms with van der Waals surface area (Å²) in [4.78, 5) is 40.3. The Balaban J connectivity index is 0.970. The molecule has 1 aliphatic rings. The zero-order valence-electron chi connectivity index (χ0n) is 26.6. The maximum absolute atomic E-state index is 13.6. The number of carbonyl (C=O) groups excluding carboxylic acids is 1. The molecule has 0 atom stereocenters. The Hall–Kier alpha value is -5.31. The Labute approximate surface area is 284 Å². The number of oxazole rings is 2. The predicted molar refractivity (Wildman–Crippen MR) is 178 cm³/mol. The van der Waals surface area contributed by atoms with Gasteiger partial charge in [-0.15, -0.1) is 0 Å². The van der Waals surface area contributed by atoms with Gasteiger partial charge in [-0.05, 0) is 30.0 Å². The molecule has 1 aliphatic heterocycles. The third-order valence-electron chi connectivity index (χ3n) is 8.69. The van der Waals surface area contributed by atoms with Crippen molar-refractivity contribution in [3.63, 3.8) is 0 Å². The van der Waals surface area contributed by atoms with Gasteiger partial charge in [-0.2, -0.15) is 5.10 Å². The van der Waals surface area contributed by atoms with Gasteiger partial charge < -0.3 is 24.0 Å². The molecule has 1 saturated heterocycles. The van der Waals surface area contributed by atoms with Crippen molar-refractivity contribution in [1.29, 1.82) is 0 Å². The van der Waals surface area contributed by atoms with E-state index < -0.39 is 11.7 Å². The highest BCUT2D eigenvalue weighted by Gasteiger charge is 2.33. The molecule has 2 aromatic carbocycles. The number of hydrogen-bond acceptors (Lipinski definition) is 11. The molecular formula is C34H33ClN8O6. The smallest absolute Gasteiger partial charge is 0.407 e. The number of likely N-dealkylation sites (tertiary alicyclic amines) is 1. The molecule has 15 heteroatoms. The van der Waals surface area contributed by atoms with Crippen molar-refractivity contribution in [2.45, 2.75) is 44.7 Å². The molecule has 1 fully saturated rings. The van der Waals surface area contributed by atoms with Crippen LogP contribution in [0.5, 0.6) is 0 Å². The Morgan fingerprint density at radius 1 is 1.08 bits per heavy atom. The molecule has 0 saturated carbocycles. The number of aryl methyl sites for hydroxylation is 1. The summed E-state index contributed by atoms with van der Waals surface area (Å²) < 4.78 is 18.8. The topological polar surface area (TPSA) is 167 Å². The van der Waals surface area contributed by atoms with Crippen LogP contribution in [-0.2, 0) is 38.0 Å². The number of benzene rings is 2. The van der Waals surface area contributed by atoms with Gasteiger partial charge in [0.25, 0.3) is 5.56 Å². The molecule has 0 unspecified atom stereocenters. The number of carbonyl (C=O) groups is 1. The monoisotopic (exact) mass is 684 g/mol. The molecule has 49 heavy (non-hydrogen) atoms. The third-order valence-corrected chi connectivity index (χ3v) is 9.04. The van der Waals surface area contributed by atoms with Crippen LogP contribution in [0.25, 0.3) is 33.6 Å². The molecule has 5 heterocycles. The van der Waals surface area contributed by atoms with E-state index in [2.05, 4.69) is 30.3 Å². The Kier molecular flexibility index (Phi) is 8.99. The van der Waals surface area contributed by atoms with Crippen LogP contribution in [-0.4, -0.2) is 64.1 Å². The molecule has 0 radical (unpaired) electrons. The first-order valence-corrected chi connectivity index (χ1v) is 16.0. The van der Waals surface area contributed by atoms with Crippen LogP contribution in [0.4, 0.5) is 4.79 Å². The minimum absolute atomic E-state index is 0.0684. The van der Waals surface area contributed by atoms with Crippen molar-refractivity contribution < 1.29 is 23.5 Å². The molecule has 2 N–H and O–H groups in total. The van der Waals surface area contributed by atoms with Crippen LogP contribution in [0, 0.1) is 0 Å². The van der Waals surface area contributed by atoms with Crippen molar-refractivity contribution in [1.82, 2.24) is 39.5 Å². The number of rotatable bonds is 10.